The van der Waals surface area contributed by atoms with Crippen molar-refractivity contribution in [1.29, 1.82) is 0 Å². The highest BCUT2D eigenvalue weighted by Crippen LogP contribution is 2.36. The Morgan fingerprint density at radius 1 is 1.25 bits per heavy atom. The first-order chi connectivity index (χ1) is 11.5. The predicted molar refractivity (Wildman–Crippen MR) is 80.9 cm³/mol. The summed E-state index contributed by atoms with van der Waals surface area (Å²) in [6, 6.07) is 9.60. The number of hydrogen-bond acceptors (Lipinski definition) is 5. The van der Waals surface area contributed by atoms with E-state index < -0.39 is 12.1 Å². The third-order valence-electron chi connectivity index (χ3n) is 3.31. The zero-order chi connectivity index (χ0) is 17.1. The van der Waals surface area contributed by atoms with Crippen molar-refractivity contribution in [3.8, 4) is 23.0 Å². The molecule has 126 valence electrons. The van der Waals surface area contributed by atoms with Gasteiger partial charge in [0.2, 0.25) is 0 Å². The minimum Gasteiger partial charge on any atom is -0.486 e. The Balaban J connectivity index is 1.71. The molecule has 2 aromatic rings. The standard InChI is InChI=1S/C16H15FN2O5/c17-10-1-3-11(4-2-10)23-12-5-6-14-15(7-12)24-13(9-22-14)8-19(21)16(18)20/h1-7,13,21H,8-9H2,(H2,18,20)/t13-/m1/s1. The van der Waals surface area contributed by atoms with Crippen LogP contribution in [0.15, 0.2) is 42.5 Å². The number of carbonyl (C=O) groups excluding carboxylic acids is 1. The number of halogens is 1. The maximum atomic E-state index is 12.9. The summed E-state index contributed by atoms with van der Waals surface area (Å²) in [6.45, 7) is 0.0350. The van der Waals surface area contributed by atoms with Gasteiger partial charge in [-0.15, -0.1) is 0 Å². The second-order valence-corrected chi connectivity index (χ2v) is 5.14. The van der Waals surface area contributed by atoms with Crippen LogP contribution in [0.3, 0.4) is 0 Å². The fraction of sp³-hybridized carbons (Fsp3) is 0.188. The Morgan fingerprint density at radius 2 is 1.96 bits per heavy atom. The fourth-order valence-electron chi connectivity index (χ4n) is 2.17. The van der Waals surface area contributed by atoms with Crippen molar-refractivity contribution in [2.24, 2.45) is 5.73 Å². The third kappa shape index (κ3) is 3.66. The largest absolute Gasteiger partial charge is 0.486 e. The molecule has 0 fully saturated rings. The lowest BCUT2D eigenvalue weighted by Gasteiger charge is -2.28. The lowest BCUT2D eigenvalue weighted by molar-refractivity contribution is -0.0714. The van der Waals surface area contributed by atoms with E-state index in [-0.39, 0.29) is 19.0 Å². The molecule has 0 saturated carbocycles. The number of benzene rings is 2. The number of hydroxylamine groups is 2. The van der Waals surface area contributed by atoms with Gasteiger partial charge in [0.25, 0.3) is 0 Å². The first kappa shape index (κ1) is 15.9. The van der Waals surface area contributed by atoms with E-state index in [9.17, 15) is 14.4 Å². The van der Waals surface area contributed by atoms with Crippen LogP contribution in [0, 0.1) is 5.82 Å². The molecule has 3 rings (SSSR count). The third-order valence-corrected chi connectivity index (χ3v) is 3.31. The van der Waals surface area contributed by atoms with Gasteiger partial charge in [-0.05, 0) is 36.4 Å². The second-order valence-electron chi connectivity index (χ2n) is 5.14. The smallest absolute Gasteiger partial charge is 0.338 e. The quantitative estimate of drug-likeness (QED) is 0.662. The molecule has 24 heavy (non-hydrogen) atoms. The molecule has 0 saturated heterocycles. The number of urea groups is 1. The number of carbonyl (C=O) groups is 1. The van der Waals surface area contributed by atoms with E-state index in [1.165, 1.54) is 24.3 Å². The summed E-state index contributed by atoms with van der Waals surface area (Å²) in [6.07, 6.45) is -0.573. The number of hydrogen-bond donors (Lipinski definition) is 2. The highest BCUT2D eigenvalue weighted by molar-refractivity contribution is 5.70. The lowest BCUT2D eigenvalue weighted by Crippen LogP contribution is -2.44. The van der Waals surface area contributed by atoms with Crippen LogP contribution in [0.5, 0.6) is 23.0 Å². The van der Waals surface area contributed by atoms with Gasteiger partial charge in [-0.1, -0.05) is 0 Å². The van der Waals surface area contributed by atoms with Crippen LogP contribution in [0.25, 0.3) is 0 Å². The van der Waals surface area contributed by atoms with Crippen molar-refractivity contribution in [1.82, 2.24) is 5.06 Å². The normalized spacial score (nSPS) is 15.7. The average Bonchev–Trinajstić information content (AvgIpc) is 2.56. The zero-order valence-electron chi connectivity index (χ0n) is 12.5. The van der Waals surface area contributed by atoms with Crippen LogP contribution in [0.2, 0.25) is 0 Å². The molecule has 1 heterocycles. The topological polar surface area (TPSA) is 94.3 Å². The molecule has 8 heteroatoms. The number of primary amides is 1. The monoisotopic (exact) mass is 334 g/mol. The molecule has 2 amide bonds. The molecular weight excluding hydrogens is 319 g/mol. The average molecular weight is 334 g/mol. The number of nitrogens with zero attached hydrogens (tertiary/aromatic N) is 1. The van der Waals surface area contributed by atoms with Gasteiger partial charge in [0.1, 0.15) is 23.9 Å². The minimum absolute atomic E-state index is 0.127. The number of nitrogens with two attached hydrogens (primary N) is 1. The van der Waals surface area contributed by atoms with Crippen LogP contribution < -0.4 is 19.9 Å². The molecule has 0 spiro atoms. The Labute approximate surface area is 136 Å². The van der Waals surface area contributed by atoms with Gasteiger partial charge in [-0.3, -0.25) is 5.21 Å². The summed E-state index contributed by atoms with van der Waals surface area (Å²) in [7, 11) is 0. The zero-order valence-corrected chi connectivity index (χ0v) is 12.5. The van der Waals surface area contributed by atoms with Gasteiger partial charge in [0, 0.05) is 6.07 Å². The highest BCUT2D eigenvalue weighted by Gasteiger charge is 2.24. The van der Waals surface area contributed by atoms with Crippen molar-refractivity contribution >= 4 is 6.03 Å². The molecule has 0 aliphatic carbocycles. The number of fused-ring (bicyclic) bond motifs is 1. The van der Waals surface area contributed by atoms with Gasteiger partial charge in [-0.2, -0.15) is 0 Å². The molecule has 1 aliphatic rings. The Kier molecular flexibility index (Phi) is 4.39. The van der Waals surface area contributed by atoms with Crippen LogP contribution in [0.4, 0.5) is 9.18 Å². The van der Waals surface area contributed by atoms with Crippen LogP contribution in [-0.4, -0.2) is 35.6 Å². The molecule has 0 aromatic heterocycles. The first-order valence-corrected chi connectivity index (χ1v) is 7.14. The van der Waals surface area contributed by atoms with E-state index in [4.69, 9.17) is 19.9 Å². The maximum absolute atomic E-state index is 12.9. The molecule has 1 aliphatic heterocycles. The molecule has 1 atom stereocenters. The van der Waals surface area contributed by atoms with Crippen molar-refractivity contribution in [3.05, 3.63) is 48.3 Å². The highest BCUT2D eigenvalue weighted by atomic mass is 19.1. The molecule has 2 aromatic carbocycles. The van der Waals surface area contributed by atoms with Gasteiger partial charge in [0.05, 0.1) is 6.54 Å². The summed E-state index contributed by atoms with van der Waals surface area (Å²) in [5, 5.41) is 9.73. The summed E-state index contributed by atoms with van der Waals surface area (Å²) in [5.74, 6) is 1.51. The molecule has 0 bridgehead atoms. The molecule has 7 nitrogen and oxygen atoms in total. The number of ether oxygens (including phenoxy) is 3. The van der Waals surface area contributed by atoms with Crippen molar-refractivity contribution < 1.29 is 28.6 Å². The Morgan fingerprint density at radius 3 is 2.67 bits per heavy atom. The SMILES string of the molecule is NC(=O)N(O)C[C@@H]1COc2ccc(Oc3ccc(F)cc3)cc2O1. The van der Waals surface area contributed by atoms with E-state index >= 15 is 0 Å². The summed E-state index contributed by atoms with van der Waals surface area (Å²) in [5.41, 5.74) is 4.96. The first-order valence-electron chi connectivity index (χ1n) is 7.14. The van der Waals surface area contributed by atoms with E-state index in [1.54, 1.807) is 18.2 Å². The van der Waals surface area contributed by atoms with Crippen LogP contribution in [-0.2, 0) is 0 Å². The van der Waals surface area contributed by atoms with Gasteiger partial charge in [0.15, 0.2) is 17.6 Å². The van der Waals surface area contributed by atoms with Gasteiger partial charge in [-0.25, -0.2) is 14.2 Å². The molecule has 0 unspecified atom stereocenters. The minimum atomic E-state index is -0.974. The Bertz CT molecular complexity index is 738. The van der Waals surface area contributed by atoms with Gasteiger partial charge < -0.3 is 19.9 Å². The van der Waals surface area contributed by atoms with E-state index in [2.05, 4.69) is 0 Å². The lowest BCUT2D eigenvalue weighted by atomic mass is 10.2. The molecule has 0 radical (unpaired) electrons. The van der Waals surface area contributed by atoms with Crippen molar-refractivity contribution in [2.75, 3.05) is 13.2 Å². The van der Waals surface area contributed by atoms with E-state index in [1.807, 2.05) is 0 Å². The Hall–Kier alpha value is -3.00. The maximum Gasteiger partial charge on any atom is 0.338 e. The van der Waals surface area contributed by atoms with Crippen LogP contribution in [0.1, 0.15) is 0 Å². The summed E-state index contributed by atoms with van der Waals surface area (Å²) >= 11 is 0. The van der Waals surface area contributed by atoms with E-state index in [0.29, 0.717) is 28.1 Å². The summed E-state index contributed by atoms with van der Waals surface area (Å²) in [4.78, 5) is 10.9. The van der Waals surface area contributed by atoms with Crippen molar-refractivity contribution in [3.63, 3.8) is 0 Å². The predicted octanol–water partition coefficient (Wildman–Crippen LogP) is 2.53. The number of amides is 2. The molecular formula is C16H15FN2O5. The molecule has 3 N–H and O–H groups in total. The van der Waals surface area contributed by atoms with Crippen molar-refractivity contribution in [2.45, 2.75) is 6.10 Å². The van der Waals surface area contributed by atoms with Gasteiger partial charge >= 0.3 is 6.03 Å². The van der Waals surface area contributed by atoms with Crippen LogP contribution >= 0.6 is 0 Å². The second kappa shape index (κ2) is 6.63. The fourth-order valence-corrected chi connectivity index (χ4v) is 2.17. The number of rotatable bonds is 4. The van der Waals surface area contributed by atoms with E-state index in [0.717, 1.165) is 0 Å². The summed E-state index contributed by atoms with van der Waals surface area (Å²) < 4.78 is 29.7.